The maximum atomic E-state index is 12.5. The lowest BCUT2D eigenvalue weighted by Gasteiger charge is -2.14. The zero-order chi connectivity index (χ0) is 17.6. The number of nitrogens with zero attached hydrogens (tertiary/aromatic N) is 2. The molecular weight excluding hydrogens is 320 g/mol. The predicted octanol–water partition coefficient (Wildman–Crippen LogP) is 3.52. The van der Waals surface area contributed by atoms with E-state index >= 15 is 0 Å². The van der Waals surface area contributed by atoms with Gasteiger partial charge in [0.25, 0.3) is 5.91 Å². The first-order chi connectivity index (χ1) is 12.2. The maximum absolute atomic E-state index is 12.5. The van der Waals surface area contributed by atoms with Crippen LogP contribution in [0.1, 0.15) is 42.6 Å². The Morgan fingerprint density at radius 1 is 1.32 bits per heavy atom. The van der Waals surface area contributed by atoms with Gasteiger partial charge in [0.1, 0.15) is 17.8 Å². The largest absolute Gasteiger partial charge is 0.497 e. The lowest BCUT2D eigenvalue weighted by molar-refractivity contribution is 0.0780. The summed E-state index contributed by atoms with van der Waals surface area (Å²) < 4.78 is 16.1. The minimum Gasteiger partial charge on any atom is -0.497 e. The average molecular weight is 344 g/mol. The number of carbonyl (C=O) groups is 1. The number of rotatable bonds is 7. The molecule has 1 aliphatic heterocycles. The SMILES string of the molecule is CCC[C@@H]1CCN(C(=O)c2coc(COc3ccc(OC)cc3)n2)C1. The van der Waals surface area contributed by atoms with Crippen LogP contribution < -0.4 is 9.47 Å². The van der Waals surface area contributed by atoms with Crippen LogP contribution in [0.15, 0.2) is 34.9 Å². The molecule has 1 aromatic heterocycles. The molecule has 0 radical (unpaired) electrons. The highest BCUT2D eigenvalue weighted by atomic mass is 16.5. The second kappa shape index (κ2) is 8.05. The normalized spacial score (nSPS) is 16.9. The van der Waals surface area contributed by atoms with Crippen molar-refractivity contribution < 1.29 is 18.7 Å². The van der Waals surface area contributed by atoms with Gasteiger partial charge in [0.2, 0.25) is 5.89 Å². The third-order valence-electron chi connectivity index (χ3n) is 4.46. The Morgan fingerprint density at radius 3 is 2.80 bits per heavy atom. The van der Waals surface area contributed by atoms with Crippen LogP contribution in [-0.4, -0.2) is 36.0 Å². The van der Waals surface area contributed by atoms with Crippen LogP contribution in [0.5, 0.6) is 11.5 Å². The van der Waals surface area contributed by atoms with Crippen LogP contribution in [-0.2, 0) is 6.61 Å². The number of aromatic nitrogens is 1. The molecule has 0 spiro atoms. The number of hydrogen-bond acceptors (Lipinski definition) is 5. The summed E-state index contributed by atoms with van der Waals surface area (Å²) in [6.45, 7) is 3.97. The van der Waals surface area contributed by atoms with E-state index in [4.69, 9.17) is 13.9 Å². The second-order valence-electron chi connectivity index (χ2n) is 6.29. The molecule has 6 heteroatoms. The van der Waals surface area contributed by atoms with Gasteiger partial charge in [-0.2, -0.15) is 0 Å². The zero-order valence-electron chi connectivity index (χ0n) is 14.7. The molecule has 0 aliphatic carbocycles. The van der Waals surface area contributed by atoms with E-state index < -0.39 is 0 Å². The van der Waals surface area contributed by atoms with Gasteiger partial charge >= 0.3 is 0 Å². The van der Waals surface area contributed by atoms with Gasteiger partial charge in [0, 0.05) is 13.1 Å². The summed E-state index contributed by atoms with van der Waals surface area (Å²) in [6.07, 6.45) is 4.82. The van der Waals surface area contributed by atoms with Gasteiger partial charge < -0.3 is 18.8 Å². The van der Waals surface area contributed by atoms with Crippen molar-refractivity contribution in [3.8, 4) is 11.5 Å². The number of hydrogen-bond donors (Lipinski definition) is 0. The highest BCUT2D eigenvalue weighted by molar-refractivity contribution is 5.92. The van der Waals surface area contributed by atoms with Gasteiger partial charge in [-0.05, 0) is 43.0 Å². The highest BCUT2D eigenvalue weighted by Crippen LogP contribution is 2.23. The maximum Gasteiger partial charge on any atom is 0.275 e. The summed E-state index contributed by atoms with van der Waals surface area (Å²) in [6, 6.07) is 7.26. The second-order valence-corrected chi connectivity index (χ2v) is 6.29. The molecule has 1 saturated heterocycles. The molecule has 3 rings (SSSR count). The molecule has 25 heavy (non-hydrogen) atoms. The van der Waals surface area contributed by atoms with Crippen molar-refractivity contribution in [1.82, 2.24) is 9.88 Å². The van der Waals surface area contributed by atoms with E-state index in [1.807, 2.05) is 29.2 Å². The molecule has 0 saturated carbocycles. The van der Waals surface area contributed by atoms with E-state index in [0.29, 0.717) is 23.3 Å². The first kappa shape index (κ1) is 17.3. The number of likely N-dealkylation sites (tertiary alicyclic amines) is 1. The van der Waals surface area contributed by atoms with Crippen LogP contribution >= 0.6 is 0 Å². The van der Waals surface area contributed by atoms with Crippen LogP contribution in [0.4, 0.5) is 0 Å². The minimum absolute atomic E-state index is 0.0574. The topological polar surface area (TPSA) is 64.8 Å². The van der Waals surface area contributed by atoms with Crippen molar-refractivity contribution in [2.45, 2.75) is 32.8 Å². The molecule has 1 aromatic carbocycles. The van der Waals surface area contributed by atoms with Crippen LogP contribution in [0.25, 0.3) is 0 Å². The molecular formula is C19H24N2O4. The van der Waals surface area contributed by atoms with Gasteiger partial charge in [-0.3, -0.25) is 4.79 Å². The fourth-order valence-electron chi connectivity index (χ4n) is 3.12. The Balaban J connectivity index is 1.54. The van der Waals surface area contributed by atoms with Crippen molar-refractivity contribution in [2.24, 2.45) is 5.92 Å². The molecule has 1 aliphatic rings. The van der Waals surface area contributed by atoms with E-state index in [2.05, 4.69) is 11.9 Å². The summed E-state index contributed by atoms with van der Waals surface area (Å²) in [5, 5.41) is 0. The van der Waals surface area contributed by atoms with E-state index in [1.165, 1.54) is 12.7 Å². The summed E-state index contributed by atoms with van der Waals surface area (Å²) in [7, 11) is 1.62. The Morgan fingerprint density at radius 2 is 2.08 bits per heavy atom. The first-order valence-corrected chi connectivity index (χ1v) is 8.70. The molecule has 1 fully saturated rings. The third-order valence-corrected chi connectivity index (χ3v) is 4.46. The molecule has 134 valence electrons. The van der Waals surface area contributed by atoms with Gasteiger partial charge in [-0.1, -0.05) is 13.3 Å². The van der Waals surface area contributed by atoms with Crippen molar-refractivity contribution in [2.75, 3.05) is 20.2 Å². The van der Waals surface area contributed by atoms with Crippen LogP contribution in [0.2, 0.25) is 0 Å². The molecule has 0 bridgehead atoms. The van der Waals surface area contributed by atoms with Crippen LogP contribution in [0.3, 0.4) is 0 Å². The number of amides is 1. The summed E-state index contributed by atoms with van der Waals surface area (Å²) in [5.41, 5.74) is 0.352. The van der Waals surface area contributed by atoms with Gasteiger partial charge in [0.15, 0.2) is 12.3 Å². The number of oxazole rings is 1. The monoisotopic (exact) mass is 344 g/mol. The van der Waals surface area contributed by atoms with Gasteiger partial charge in [0.05, 0.1) is 7.11 Å². The lowest BCUT2D eigenvalue weighted by Crippen LogP contribution is -2.29. The fraction of sp³-hybridized carbons (Fsp3) is 0.474. The Labute approximate surface area is 147 Å². The quantitative estimate of drug-likeness (QED) is 0.769. The zero-order valence-corrected chi connectivity index (χ0v) is 14.7. The van der Waals surface area contributed by atoms with Crippen molar-refractivity contribution in [1.29, 1.82) is 0 Å². The van der Waals surface area contributed by atoms with E-state index in [-0.39, 0.29) is 12.5 Å². The highest BCUT2D eigenvalue weighted by Gasteiger charge is 2.28. The fourth-order valence-corrected chi connectivity index (χ4v) is 3.12. The molecule has 2 heterocycles. The summed E-state index contributed by atoms with van der Waals surface area (Å²) in [4.78, 5) is 18.6. The standard InChI is InChI=1S/C19H24N2O4/c1-3-4-14-9-10-21(11-14)19(22)17-12-25-18(20-17)13-24-16-7-5-15(23-2)6-8-16/h5-8,12,14H,3-4,9-11,13H2,1-2H3/t14-/m1/s1. The molecule has 2 aromatic rings. The third kappa shape index (κ3) is 4.32. The molecule has 0 N–H and O–H groups in total. The Hall–Kier alpha value is -2.50. The van der Waals surface area contributed by atoms with Crippen molar-refractivity contribution in [3.63, 3.8) is 0 Å². The van der Waals surface area contributed by atoms with E-state index in [9.17, 15) is 4.79 Å². The smallest absolute Gasteiger partial charge is 0.275 e. The first-order valence-electron chi connectivity index (χ1n) is 8.70. The molecule has 0 unspecified atom stereocenters. The Kier molecular flexibility index (Phi) is 5.58. The van der Waals surface area contributed by atoms with Crippen LogP contribution in [0, 0.1) is 5.92 Å². The number of carbonyl (C=O) groups excluding carboxylic acids is 1. The molecule has 1 atom stereocenters. The van der Waals surface area contributed by atoms with Gasteiger partial charge in [-0.25, -0.2) is 4.98 Å². The number of methoxy groups -OCH3 is 1. The summed E-state index contributed by atoms with van der Waals surface area (Å²) in [5.74, 6) is 2.40. The van der Waals surface area contributed by atoms with Gasteiger partial charge in [-0.15, -0.1) is 0 Å². The molecule has 1 amide bonds. The average Bonchev–Trinajstić information content (AvgIpc) is 3.30. The number of ether oxygens (including phenoxy) is 2. The van der Waals surface area contributed by atoms with Crippen molar-refractivity contribution in [3.05, 3.63) is 42.1 Å². The lowest BCUT2D eigenvalue weighted by atomic mass is 10.0. The van der Waals surface area contributed by atoms with E-state index in [1.54, 1.807) is 7.11 Å². The minimum atomic E-state index is -0.0574. The van der Waals surface area contributed by atoms with Crippen molar-refractivity contribution >= 4 is 5.91 Å². The Bertz CT molecular complexity index is 696. The number of benzene rings is 1. The predicted molar refractivity (Wildman–Crippen MR) is 92.7 cm³/mol. The molecule has 6 nitrogen and oxygen atoms in total. The van der Waals surface area contributed by atoms with E-state index in [0.717, 1.165) is 31.7 Å². The summed E-state index contributed by atoms with van der Waals surface area (Å²) >= 11 is 0.